The van der Waals surface area contributed by atoms with E-state index in [0.29, 0.717) is 13.1 Å². The zero-order valence-electron chi connectivity index (χ0n) is 15.8. The Morgan fingerprint density at radius 3 is 2.33 bits per heavy atom. The van der Waals surface area contributed by atoms with Gasteiger partial charge in [0.05, 0.1) is 10.0 Å². The Balaban J connectivity index is 2.00. The highest BCUT2D eigenvalue weighted by atomic mass is 35.5. The summed E-state index contributed by atoms with van der Waals surface area (Å²) >= 11 is 18.1. The summed E-state index contributed by atoms with van der Waals surface area (Å²) in [6.45, 7) is 2.24. The third kappa shape index (κ3) is 4.36. The van der Waals surface area contributed by atoms with Crippen molar-refractivity contribution in [2.45, 2.75) is 32.5 Å². The number of likely N-dealkylation sites (tertiary alicyclic amines) is 1. The lowest BCUT2D eigenvalue weighted by atomic mass is 10.1. The van der Waals surface area contributed by atoms with Crippen LogP contribution in [-0.2, 0) is 17.5 Å². The molecule has 4 nitrogen and oxygen atoms in total. The van der Waals surface area contributed by atoms with Gasteiger partial charge in [-0.15, -0.1) is 0 Å². The number of rotatable bonds is 5. The van der Waals surface area contributed by atoms with Gasteiger partial charge < -0.3 is 14.2 Å². The SMILES string of the molecule is CCn1c(Cl)c(-c2cc(OCC(=O)N3CCCC3)c(Cl)cc2F)c(Cl)c1C(F)(F)F. The number of alkyl halides is 3. The lowest BCUT2D eigenvalue weighted by Gasteiger charge is -2.16. The van der Waals surface area contributed by atoms with Crippen molar-refractivity contribution in [1.29, 1.82) is 0 Å². The average molecular weight is 488 g/mol. The predicted octanol–water partition coefficient (Wildman–Crippen LogP) is 6.29. The first-order chi connectivity index (χ1) is 14.1. The maximum atomic E-state index is 14.6. The van der Waals surface area contributed by atoms with Crippen molar-refractivity contribution in [2.24, 2.45) is 0 Å². The zero-order chi connectivity index (χ0) is 22.2. The highest BCUT2D eigenvalue weighted by Gasteiger charge is 2.40. The summed E-state index contributed by atoms with van der Waals surface area (Å²) in [4.78, 5) is 13.8. The van der Waals surface area contributed by atoms with E-state index in [2.05, 4.69) is 0 Å². The quantitative estimate of drug-likeness (QED) is 0.464. The van der Waals surface area contributed by atoms with Crippen LogP contribution in [0.4, 0.5) is 17.6 Å². The van der Waals surface area contributed by atoms with Gasteiger partial charge in [-0.3, -0.25) is 4.79 Å². The molecule has 30 heavy (non-hydrogen) atoms. The number of benzene rings is 1. The molecule has 1 fully saturated rings. The summed E-state index contributed by atoms with van der Waals surface area (Å²) in [6.07, 6.45) is -2.99. The minimum absolute atomic E-state index is 0.0643. The number of nitrogens with zero attached hydrogens (tertiary/aromatic N) is 2. The summed E-state index contributed by atoms with van der Waals surface area (Å²) < 4.78 is 61.2. The maximum absolute atomic E-state index is 14.6. The normalized spacial score (nSPS) is 14.5. The van der Waals surface area contributed by atoms with Crippen LogP contribution >= 0.6 is 34.8 Å². The van der Waals surface area contributed by atoms with Crippen molar-refractivity contribution in [3.63, 3.8) is 0 Å². The first-order valence-corrected chi connectivity index (χ1v) is 10.2. The highest BCUT2D eigenvalue weighted by molar-refractivity contribution is 6.40. The summed E-state index contributed by atoms with van der Waals surface area (Å²) in [5.41, 5.74) is -1.80. The van der Waals surface area contributed by atoms with Gasteiger partial charge in [-0.1, -0.05) is 34.8 Å². The van der Waals surface area contributed by atoms with E-state index in [1.54, 1.807) is 4.90 Å². The van der Waals surface area contributed by atoms with Gasteiger partial charge in [-0.2, -0.15) is 13.2 Å². The molecular formula is C19H17Cl3F4N2O2. The molecule has 1 saturated heterocycles. The van der Waals surface area contributed by atoms with Gasteiger partial charge in [-0.25, -0.2) is 4.39 Å². The molecule has 2 heterocycles. The van der Waals surface area contributed by atoms with Crippen LogP contribution in [0.1, 0.15) is 25.5 Å². The van der Waals surface area contributed by atoms with Gasteiger partial charge in [0.2, 0.25) is 0 Å². The molecule has 0 aliphatic carbocycles. The second kappa shape index (κ2) is 8.85. The van der Waals surface area contributed by atoms with Crippen molar-refractivity contribution in [3.05, 3.63) is 38.8 Å². The fraction of sp³-hybridized carbons (Fsp3) is 0.421. The summed E-state index contributed by atoms with van der Waals surface area (Å²) in [5.74, 6) is -1.25. The van der Waals surface area contributed by atoms with Crippen molar-refractivity contribution in [2.75, 3.05) is 19.7 Å². The van der Waals surface area contributed by atoms with Crippen molar-refractivity contribution in [3.8, 4) is 16.9 Å². The number of amides is 1. The van der Waals surface area contributed by atoms with Crippen LogP contribution < -0.4 is 4.74 Å². The summed E-state index contributed by atoms with van der Waals surface area (Å²) in [7, 11) is 0. The highest BCUT2D eigenvalue weighted by Crippen LogP contribution is 2.47. The fourth-order valence-electron chi connectivity index (χ4n) is 3.39. The predicted molar refractivity (Wildman–Crippen MR) is 107 cm³/mol. The molecular weight excluding hydrogens is 471 g/mol. The molecule has 0 spiro atoms. The Morgan fingerprint density at radius 2 is 1.80 bits per heavy atom. The van der Waals surface area contributed by atoms with E-state index in [1.807, 2.05) is 0 Å². The third-order valence-corrected chi connectivity index (χ3v) is 5.88. The Hall–Kier alpha value is -1.64. The van der Waals surface area contributed by atoms with Gasteiger partial charge in [0.15, 0.2) is 6.61 Å². The summed E-state index contributed by atoms with van der Waals surface area (Å²) in [6, 6.07) is 1.98. The van der Waals surface area contributed by atoms with E-state index in [1.165, 1.54) is 6.92 Å². The van der Waals surface area contributed by atoms with Crippen LogP contribution in [0.25, 0.3) is 11.1 Å². The molecule has 3 rings (SSSR count). The molecule has 0 unspecified atom stereocenters. The van der Waals surface area contributed by atoms with Crippen LogP contribution in [0.3, 0.4) is 0 Å². The first-order valence-electron chi connectivity index (χ1n) is 9.10. The van der Waals surface area contributed by atoms with E-state index in [-0.39, 0.29) is 46.1 Å². The second-order valence-electron chi connectivity index (χ2n) is 6.71. The van der Waals surface area contributed by atoms with E-state index in [0.717, 1.165) is 29.5 Å². The van der Waals surface area contributed by atoms with E-state index in [4.69, 9.17) is 39.5 Å². The minimum Gasteiger partial charge on any atom is -0.482 e. The third-order valence-electron chi connectivity index (χ3n) is 4.83. The molecule has 0 bridgehead atoms. The van der Waals surface area contributed by atoms with Crippen LogP contribution in [0.2, 0.25) is 15.2 Å². The van der Waals surface area contributed by atoms with E-state index >= 15 is 0 Å². The molecule has 0 N–H and O–H groups in total. The van der Waals surface area contributed by atoms with Crippen LogP contribution in [0.15, 0.2) is 12.1 Å². The Kier molecular flexibility index (Phi) is 6.79. The van der Waals surface area contributed by atoms with Crippen LogP contribution in [0, 0.1) is 5.82 Å². The van der Waals surface area contributed by atoms with Crippen molar-refractivity contribution < 1.29 is 27.1 Å². The molecule has 0 saturated carbocycles. The van der Waals surface area contributed by atoms with E-state index < -0.39 is 22.7 Å². The Labute approximate surface area is 185 Å². The van der Waals surface area contributed by atoms with Gasteiger partial charge >= 0.3 is 6.18 Å². The monoisotopic (exact) mass is 486 g/mol. The molecule has 1 aromatic heterocycles. The average Bonchev–Trinajstić information content (AvgIpc) is 3.27. The van der Waals surface area contributed by atoms with Crippen LogP contribution in [-0.4, -0.2) is 35.1 Å². The Morgan fingerprint density at radius 1 is 1.17 bits per heavy atom. The van der Waals surface area contributed by atoms with Crippen molar-refractivity contribution in [1.82, 2.24) is 9.47 Å². The van der Waals surface area contributed by atoms with Crippen molar-refractivity contribution >= 4 is 40.7 Å². The Bertz CT molecular complexity index is 970. The van der Waals surface area contributed by atoms with Crippen LogP contribution in [0.5, 0.6) is 5.75 Å². The molecule has 1 aliphatic heterocycles. The minimum atomic E-state index is -4.79. The molecule has 2 aromatic rings. The number of carbonyl (C=O) groups is 1. The second-order valence-corrected chi connectivity index (χ2v) is 7.85. The molecule has 0 radical (unpaired) electrons. The molecule has 1 aromatic carbocycles. The molecule has 11 heteroatoms. The van der Waals surface area contributed by atoms with Gasteiger partial charge in [0.25, 0.3) is 5.91 Å². The molecule has 0 atom stereocenters. The van der Waals surface area contributed by atoms with Gasteiger partial charge in [0.1, 0.15) is 22.4 Å². The number of hydrogen-bond acceptors (Lipinski definition) is 2. The first kappa shape index (κ1) is 23.0. The molecule has 164 valence electrons. The number of ether oxygens (including phenoxy) is 1. The van der Waals surface area contributed by atoms with Gasteiger partial charge in [-0.05, 0) is 31.9 Å². The molecule has 1 amide bonds. The smallest absolute Gasteiger partial charge is 0.432 e. The number of halogens is 7. The fourth-order valence-corrected chi connectivity index (χ4v) is 4.45. The summed E-state index contributed by atoms with van der Waals surface area (Å²) in [5, 5.41) is -1.23. The molecule has 1 aliphatic rings. The van der Waals surface area contributed by atoms with Gasteiger partial charge in [0, 0.05) is 30.8 Å². The number of hydrogen-bond donors (Lipinski definition) is 0. The number of aromatic nitrogens is 1. The number of carbonyl (C=O) groups excluding carboxylic acids is 1. The topological polar surface area (TPSA) is 34.5 Å². The lowest BCUT2D eigenvalue weighted by Crippen LogP contribution is -2.32. The van der Waals surface area contributed by atoms with E-state index in [9.17, 15) is 22.4 Å². The zero-order valence-corrected chi connectivity index (χ0v) is 18.0. The largest absolute Gasteiger partial charge is 0.482 e. The lowest BCUT2D eigenvalue weighted by molar-refractivity contribution is -0.143. The standard InChI is InChI=1S/C19H17Cl3F4N2O2/c1-2-28-17(19(24,25)26)16(21)15(18(28)22)10-7-13(11(20)8-12(10)23)30-9-14(29)27-5-3-4-6-27/h7-8H,2-6,9H2,1H3. The maximum Gasteiger partial charge on any atom is 0.432 e.